The van der Waals surface area contributed by atoms with Crippen molar-refractivity contribution < 1.29 is 14.7 Å². The van der Waals surface area contributed by atoms with Crippen LogP contribution in [0.3, 0.4) is 0 Å². The number of amides is 2. The molecule has 0 spiro atoms. The van der Waals surface area contributed by atoms with E-state index in [2.05, 4.69) is 71.3 Å². The maximum absolute atomic E-state index is 12.7. The van der Waals surface area contributed by atoms with E-state index in [4.69, 9.17) is 9.88 Å². The fourth-order valence-corrected chi connectivity index (χ4v) is 5.08. The molecule has 9 nitrogen and oxygen atoms in total. The molecule has 0 saturated heterocycles. The summed E-state index contributed by atoms with van der Waals surface area (Å²) < 4.78 is 4.39. The molecule has 0 fully saturated rings. The second kappa shape index (κ2) is 19.1. The smallest absolute Gasteiger partial charge is 0.333 e. The lowest BCUT2D eigenvalue weighted by molar-refractivity contribution is -0.255. The van der Waals surface area contributed by atoms with Crippen LogP contribution in [0, 0.1) is 11.8 Å². The summed E-state index contributed by atoms with van der Waals surface area (Å²) in [4.78, 5) is 26.7. The van der Waals surface area contributed by atoms with E-state index in [9.17, 15) is 4.79 Å². The maximum atomic E-state index is 12.7. The number of hydrogen-bond acceptors (Lipinski definition) is 9. The van der Waals surface area contributed by atoms with Crippen molar-refractivity contribution in [2.75, 3.05) is 16.8 Å². The van der Waals surface area contributed by atoms with Gasteiger partial charge in [-0.1, -0.05) is 84.8 Å². The molecule has 214 valence electrons. The van der Waals surface area contributed by atoms with E-state index in [-0.39, 0.29) is 18.0 Å². The number of nitrogens with one attached hydrogen (secondary N) is 4. The zero-order chi connectivity index (χ0) is 27.6. The number of unbranched alkanes of at least 4 members (excludes halogenated alkanes) is 1. The second-order valence-electron chi connectivity index (χ2n) is 10.0. The van der Waals surface area contributed by atoms with Crippen molar-refractivity contribution in [2.45, 2.75) is 97.9 Å². The molecule has 11 heteroatoms. The van der Waals surface area contributed by atoms with Crippen molar-refractivity contribution in [1.29, 1.82) is 0 Å². The molecule has 38 heavy (non-hydrogen) atoms. The van der Waals surface area contributed by atoms with Crippen molar-refractivity contribution in [2.24, 2.45) is 11.8 Å². The lowest BCUT2D eigenvalue weighted by atomic mass is 9.93. The molecule has 0 radical (unpaired) electrons. The summed E-state index contributed by atoms with van der Waals surface area (Å²) in [7, 11) is 0. The van der Waals surface area contributed by atoms with Crippen LogP contribution in [0.2, 0.25) is 0 Å². The van der Waals surface area contributed by atoms with Crippen LogP contribution in [-0.4, -0.2) is 27.4 Å². The molecule has 0 aliphatic rings. The molecule has 0 aliphatic carbocycles. The fourth-order valence-electron chi connectivity index (χ4n) is 4.48. The summed E-state index contributed by atoms with van der Waals surface area (Å²) in [6, 6.07) is 7.32. The number of carbonyl (C=O) groups excluding carboxylic acids is 1. The number of thiol groups is 1. The predicted octanol–water partition coefficient (Wildman–Crippen LogP) is 7.58. The molecule has 2 aromatic rings. The largest absolute Gasteiger partial charge is 0.334 e. The van der Waals surface area contributed by atoms with Gasteiger partial charge in [0.15, 0.2) is 5.82 Å². The number of hydrazine groups is 1. The van der Waals surface area contributed by atoms with Crippen molar-refractivity contribution in [3.05, 3.63) is 24.3 Å². The Bertz CT molecular complexity index is 916. The third-order valence-corrected chi connectivity index (χ3v) is 7.24. The normalized spacial score (nSPS) is 13.5. The molecule has 4 N–H and O–H groups in total. The molecular weight excluding hydrogens is 520 g/mol. The minimum atomic E-state index is -0.248. The van der Waals surface area contributed by atoms with E-state index in [0.29, 0.717) is 22.6 Å². The molecule has 0 aliphatic heterocycles. The maximum Gasteiger partial charge on any atom is 0.333 e. The Morgan fingerprint density at radius 1 is 1.03 bits per heavy atom. The predicted molar refractivity (Wildman–Crippen MR) is 160 cm³/mol. The Morgan fingerprint density at radius 2 is 1.76 bits per heavy atom. The van der Waals surface area contributed by atoms with Gasteiger partial charge in [-0.3, -0.25) is 5.43 Å². The molecule has 1 aromatic heterocycles. The Labute approximate surface area is 237 Å². The van der Waals surface area contributed by atoms with Crippen LogP contribution < -0.4 is 21.6 Å². The Hall–Kier alpha value is -2.08. The molecule has 2 amide bonds. The number of rotatable bonds is 20. The van der Waals surface area contributed by atoms with Gasteiger partial charge in [-0.25, -0.2) is 20.6 Å². The number of carbonyl (C=O) groups is 1. The van der Waals surface area contributed by atoms with Crippen molar-refractivity contribution >= 4 is 41.0 Å². The number of anilines is 2. The fraction of sp³-hybridized carbons (Fsp3) is 0.667. The summed E-state index contributed by atoms with van der Waals surface area (Å²) in [6.45, 7) is 9.11. The van der Waals surface area contributed by atoms with Gasteiger partial charge in [0.25, 0.3) is 0 Å². The van der Waals surface area contributed by atoms with Crippen LogP contribution in [0.4, 0.5) is 15.6 Å². The van der Waals surface area contributed by atoms with E-state index >= 15 is 0 Å². The van der Waals surface area contributed by atoms with Crippen LogP contribution in [0.15, 0.2) is 24.3 Å². The Balaban J connectivity index is 1.85. The molecule has 0 saturated carbocycles. The van der Waals surface area contributed by atoms with Gasteiger partial charge >= 0.3 is 6.03 Å². The lowest BCUT2D eigenvalue weighted by Crippen LogP contribution is -2.44. The Kier molecular flexibility index (Phi) is 16.1. The second-order valence-corrected chi connectivity index (χ2v) is 11.0. The van der Waals surface area contributed by atoms with Gasteiger partial charge in [0.2, 0.25) is 5.13 Å². The SMILES string of the molecule is CCCC(C)CCCCC(CCC(C)CCC)NC(=O)NNc1nc(-c2cccc(NOOCS)c2)ns1. The minimum Gasteiger partial charge on any atom is -0.334 e. The first-order valence-corrected chi connectivity index (χ1v) is 15.3. The average Bonchev–Trinajstić information content (AvgIpc) is 3.38. The number of urea groups is 1. The molecule has 1 aromatic carbocycles. The van der Waals surface area contributed by atoms with Crippen LogP contribution >= 0.6 is 24.2 Å². The number of aromatic nitrogens is 2. The summed E-state index contributed by atoms with van der Waals surface area (Å²) in [5.74, 6) is 2.12. The van der Waals surface area contributed by atoms with Gasteiger partial charge in [-0.05, 0) is 43.2 Å². The number of hydrogen-bond donors (Lipinski definition) is 5. The van der Waals surface area contributed by atoms with E-state index in [1.807, 2.05) is 24.3 Å². The van der Waals surface area contributed by atoms with E-state index in [1.165, 1.54) is 50.1 Å². The van der Waals surface area contributed by atoms with Crippen molar-refractivity contribution in [1.82, 2.24) is 20.1 Å². The molecule has 3 atom stereocenters. The summed E-state index contributed by atoms with van der Waals surface area (Å²) in [5, 5.41) is 3.67. The monoisotopic (exact) mass is 566 g/mol. The van der Waals surface area contributed by atoms with Crippen molar-refractivity contribution in [3.63, 3.8) is 0 Å². The molecule has 1 heterocycles. The first-order chi connectivity index (χ1) is 18.4. The van der Waals surface area contributed by atoms with Crippen molar-refractivity contribution in [3.8, 4) is 11.4 Å². The first-order valence-electron chi connectivity index (χ1n) is 13.9. The summed E-state index contributed by atoms with van der Waals surface area (Å²) >= 11 is 5.08. The zero-order valence-electron chi connectivity index (χ0n) is 23.3. The van der Waals surface area contributed by atoms with Gasteiger partial charge in [-0.15, -0.1) is 17.6 Å². The van der Waals surface area contributed by atoms with Crippen LogP contribution in [-0.2, 0) is 9.88 Å². The first kappa shape index (κ1) is 32.1. The number of nitrogens with zero attached hydrogens (tertiary/aromatic N) is 2. The van der Waals surface area contributed by atoms with E-state index in [1.54, 1.807) is 0 Å². The third-order valence-electron chi connectivity index (χ3n) is 6.51. The summed E-state index contributed by atoms with van der Waals surface area (Å²) in [5.41, 5.74) is 9.78. The number of benzene rings is 1. The highest BCUT2D eigenvalue weighted by Crippen LogP contribution is 2.24. The van der Waals surface area contributed by atoms with Crippen LogP contribution in [0.5, 0.6) is 0 Å². The third kappa shape index (κ3) is 13.1. The lowest BCUT2D eigenvalue weighted by Gasteiger charge is -2.21. The quantitative estimate of drug-likeness (QED) is 0.0369. The minimum absolute atomic E-state index is 0.132. The highest BCUT2D eigenvalue weighted by Gasteiger charge is 2.15. The molecule has 2 rings (SSSR count). The Morgan fingerprint density at radius 3 is 2.50 bits per heavy atom. The molecule has 3 unspecified atom stereocenters. The highest BCUT2D eigenvalue weighted by atomic mass is 32.1. The zero-order valence-corrected chi connectivity index (χ0v) is 25.0. The van der Waals surface area contributed by atoms with Crippen LogP contribution in [0.1, 0.15) is 91.9 Å². The van der Waals surface area contributed by atoms with Gasteiger partial charge in [0.1, 0.15) is 5.94 Å². The highest BCUT2D eigenvalue weighted by molar-refractivity contribution is 7.80. The standard InChI is InChI=1S/C27H46N6O3S2/c1-5-10-20(3)12-7-8-14-23(17-16-21(4)11-6-2)28-26(34)30-31-27-29-25(33-38-27)22-13-9-15-24(18-22)32-36-35-19-37/h9,13,15,18,20-21,23,32,37H,5-8,10-12,14,16-17,19H2,1-4H3,(H2,28,30,34)(H,29,31,33). The van der Waals surface area contributed by atoms with Gasteiger partial charge < -0.3 is 5.32 Å². The van der Waals surface area contributed by atoms with Crippen LogP contribution in [0.25, 0.3) is 11.4 Å². The molecular formula is C27H46N6O3S2. The summed E-state index contributed by atoms with van der Waals surface area (Å²) in [6.07, 6.45) is 11.7. The van der Waals surface area contributed by atoms with Gasteiger partial charge in [0, 0.05) is 23.1 Å². The molecule has 0 bridgehead atoms. The van der Waals surface area contributed by atoms with Gasteiger partial charge in [0.05, 0.1) is 5.69 Å². The average molecular weight is 567 g/mol. The van der Waals surface area contributed by atoms with E-state index in [0.717, 1.165) is 37.2 Å². The topological polar surface area (TPSA) is 109 Å². The van der Waals surface area contributed by atoms with E-state index < -0.39 is 0 Å². The van der Waals surface area contributed by atoms with Gasteiger partial charge in [-0.2, -0.15) is 9.36 Å².